The molecule has 3 aromatic rings. The molecule has 2 heterocycles. The molecule has 234 valence electrons. The molecule has 0 aliphatic carbocycles. The fourth-order valence-corrected chi connectivity index (χ4v) is 34.4. The van der Waals surface area contributed by atoms with Gasteiger partial charge < -0.3 is 0 Å². The second kappa shape index (κ2) is 18.7. The Morgan fingerprint density at radius 3 is 1.10 bits per heavy atom. The first kappa shape index (κ1) is 35.4. The normalized spacial score (nSPS) is 12.3. The summed E-state index contributed by atoms with van der Waals surface area (Å²) in [5, 5.41) is 29.1. The minimum atomic E-state index is -2.81. The van der Waals surface area contributed by atoms with E-state index >= 15 is 0 Å². The van der Waals surface area contributed by atoms with Gasteiger partial charge in [-0.25, -0.2) is 0 Å². The minimum absolute atomic E-state index is 0.733. The van der Waals surface area contributed by atoms with Crippen LogP contribution in [-0.4, -0.2) is 74.2 Å². The number of hydrogen-bond donors (Lipinski definition) is 0. The summed E-state index contributed by atoms with van der Waals surface area (Å²) >= 11 is -5.61. The first-order valence-electron chi connectivity index (χ1n) is 17.2. The van der Waals surface area contributed by atoms with Crippen molar-refractivity contribution in [2.45, 2.75) is 145 Å². The molecule has 0 radical (unpaired) electrons. The average molecular weight is 792 g/mol. The topological polar surface area (TPSA) is 87.2 Å². The third-order valence-corrected chi connectivity index (χ3v) is 36.9. The summed E-state index contributed by atoms with van der Waals surface area (Å²) in [6.45, 7) is 13.8. The van der Waals surface area contributed by atoms with Crippen molar-refractivity contribution in [2.75, 3.05) is 0 Å². The third-order valence-electron chi connectivity index (χ3n) is 9.03. The van der Waals surface area contributed by atoms with Crippen LogP contribution in [0.5, 0.6) is 0 Å². The molecule has 0 saturated carbocycles. The fraction of sp³-hybridized carbons (Fsp3) is 0.750. The maximum absolute atomic E-state index is 5.13. The van der Waals surface area contributed by atoms with Crippen LogP contribution < -0.4 is 0 Å². The van der Waals surface area contributed by atoms with Crippen LogP contribution in [0.1, 0.15) is 119 Å². The van der Waals surface area contributed by atoms with Crippen molar-refractivity contribution in [3.05, 3.63) is 24.3 Å². The second-order valence-electron chi connectivity index (χ2n) is 12.5. The molecule has 1 aromatic carbocycles. The van der Waals surface area contributed by atoms with Crippen LogP contribution in [0.15, 0.2) is 24.3 Å². The van der Waals surface area contributed by atoms with Gasteiger partial charge in [0, 0.05) is 0 Å². The molecule has 10 heteroatoms. The van der Waals surface area contributed by atoms with E-state index in [1.54, 1.807) is 0 Å². The zero-order valence-electron chi connectivity index (χ0n) is 27.6. The van der Waals surface area contributed by atoms with E-state index < -0.39 is 37.3 Å². The van der Waals surface area contributed by atoms with Crippen molar-refractivity contribution in [3.63, 3.8) is 0 Å². The summed E-state index contributed by atoms with van der Waals surface area (Å²) in [7, 11) is 0. The molecule has 3 rings (SSSR count). The van der Waals surface area contributed by atoms with Gasteiger partial charge in [-0.15, -0.1) is 0 Å². The molecule has 0 aliphatic rings. The summed E-state index contributed by atoms with van der Waals surface area (Å²) in [6.07, 6.45) is 15.0. The number of hydrogen-bond acceptors (Lipinski definition) is 6. The van der Waals surface area contributed by atoms with Gasteiger partial charge in [0.15, 0.2) is 0 Å². The quantitative estimate of drug-likeness (QED) is 0.0944. The van der Waals surface area contributed by atoms with Crippen LogP contribution in [0.25, 0.3) is 22.8 Å². The standard InChI is InChI=1S/C8H4N8.6C4H9.2Sn/c1-2-5(7-9-13-14-10-7)4-6(3-1)8-11-15-16-12-8;6*1-3-4-2;;/h1-4H;6*1,3-4H2,2H3;;/q-2;;;;;;;2*+1. The van der Waals surface area contributed by atoms with Gasteiger partial charge in [0.1, 0.15) is 0 Å². The van der Waals surface area contributed by atoms with E-state index in [1.807, 2.05) is 0 Å². The Bertz CT molecular complexity index is 1030. The zero-order chi connectivity index (χ0) is 30.3. The molecule has 0 aliphatic heterocycles. The van der Waals surface area contributed by atoms with Crippen LogP contribution in [0, 0.1) is 0 Å². The first-order chi connectivity index (χ1) is 20.5. The predicted molar refractivity (Wildman–Crippen MR) is 181 cm³/mol. The van der Waals surface area contributed by atoms with Crippen molar-refractivity contribution in [1.82, 2.24) is 36.9 Å². The monoisotopic (exact) mass is 794 g/mol. The summed E-state index contributed by atoms with van der Waals surface area (Å²) in [5.74, 6) is 1.47. The molecule has 0 saturated heterocycles. The Labute approximate surface area is 264 Å². The molecule has 0 bridgehead atoms. The number of nitrogens with zero attached hydrogens (tertiary/aromatic N) is 8. The van der Waals surface area contributed by atoms with Crippen LogP contribution in [-0.2, 0) is 0 Å². The van der Waals surface area contributed by atoms with Gasteiger partial charge in [0.2, 0.25) is 0 Å². The Morgan fingerprint density at radius 2 is 0.810 bits per heavy atom. The van der Waals surface area contributed by atoms with E-state index in [1.165, 1.54) is 104 Å². The molecule has 42 heavy (non-hydrogen) atoms. The number of rotatable bonds is 22. The van der Waals surface area contributed by atoms with E-state index in [2.05, 4.69) is 82.0 Å². The van der Waals surface area contributed by atoms with Crippen LogP contribution >= 0.6 is 0 Å². The van der Waals surface area contributed by atoms with Crippen molar-refractivity contribution < 1.29 is 0 Å². The van der Waals surface area contributed by atoms with Crippen molar-refractivity contribution >= 4 is 37.3 Å². The van der Waals surface area contributed by atoms with E-state index in [-0.39, 0.29) is 0 Å². The summed E-state index contributed by atoms with van der Waals surface area (Å²) in [6, 6.07) is 8.43. The second-order valence-corrected chi connectivity index (χ2v) is 37.3. The Kier molecular flexibility index (Phi) is 15.8. The van der Waals surface area contributed by atoms with E-state index in [0.717, 1.165) is 22.8 Å². The molecule has 0 amide bonds. The van der Waals surface area contributed by atoms with Gasteiger partial charge >= 0.3 is 266 Å². The van der Waals surface area contributed by atoms with E-state index in [4.69, 9.17) is 20.6 Å². The first-order valence-corrected chi connectivity index (χ1v) is 31.9. The molecular weight excluding hydrogens is 734 g/mol. The number of unbranched alkanes of at least 4 members (excludes halogenated alkanes) is 6. The molecule has 0 spiro atoms. The molecule has 8 nitrogen and oxygen atoms in total. The van der Waals surface area contributed by atoms with E-state index in [9.17, 15) is 0 Å². The van der Waals surface area contributed by atoms with Gasteiger partial charge in [-0.05, 0) is 0 Å². The van der Waals surface area contributed by atoms with Gasteiger partial charge in [-0.3, -0.25) is 0 Å². The molecule has 0 N–H and O–H groups in total. The Balaban J connectivity index is 1.94. The fourth-order valence-electron chi connectivity index (χ4n) is 6.24. The van der Waals surface area contributed by atoms with Gasteiger partial charge in [-0.2, -0.15) is 0 Å². The number of tetrazole rings is 2. The maximum atomic E-state index is 5.13. The van der Waals surface area contributed by atoms with E-state index in [0.29, 0.717) is 0 Å². The van der Waals surface area contributed by atoms with Crippen molar-refractivity contribution in [1.29, 1.82) is 0 Å². The third kappa shape index (κ3) is 9.48. The molecular formula is C32H58N8Sn2. The molecule has 0 atom stereocenters. The SMILES string of the molecule is CCC[CH2][Sn]([CH2]CCC)([CH2]CCC)[n]1nnc(-c2cccc(-c3nn[n]([Sn]([CH2]CCC)([CH2]CCC)[CH2]CCC)n3)c2)n1. The number of aromatic nitrogens is 8. The molecule has 0 fully saturated rings. The summed E-state index contributed by atoms with van der Waals surface area (Å²) < 4.78 is 12.3. The zero-order valence-corrected chi connectivity index (χ0v) is 33.3. The number of benzene rings is 1. The average Bonchev–Trinajstić information content (AvgIpc) is 3.73. The van der Waals surface area contributed by atoms with Gasteiger partial charge in [-0.1, -0.05) is 0 Å². The van der Waals surface area contributed by atoms with Crippen LogP contribution in [0.4, 0.5) is 0 Å². The van der Waals surface area contributed by atoms with Crippen molar-refractivity contribution in [2.24, 2.45) is 0 Å². The Morgan fingerprint density at radius 1 is 0.500 bits per heavy atom. The summed E-state index contributed by atoms with van der Waals surface area (Å²) in [4.78, 5) is 0. The van der Waals surface area contributed by atoms with Gasteiger partial charge in [0.05, 0.1) is 0 Å². The molecule has 0 unspecified atom stereocenters. The van der Waals surface area contributed by atoms with Crippen LogP contribution in [0.2, 0.25) is 26.6 Å². The van der Waals surface area contributed by atoms with Gasteiger partial charge in [0.25, 0.3) is 0 Å². The summed E-state index contributed by atoms with van der Waals surface area (Å²) in [5.41, 5.74) is 1.99. The van der Waals surface area contributed by atoms with Crippen molar-refractivity contribution in [3.8, 4) is 22.8 Å². The predicted octanol–water partition coefficient (Wildman–Crippen LogP) is 9.38. The van der Waals surface area contributed by atoms with Crippen LogP contribution in [0.3, 0.4) is 0 Å². The molecule has 2 aromatic heterocycles. The Hall–Kier alpha value is -1.04.